The first-order valence-corrected chi connectivity index (χ1v) is 4.37. The number of rotatable bonds is 4. The summed E-state index contributed by atoms with van der Waals surface area (Å²) < 4.78 is 0. The van der Waals surface area contributed by atoms with Crippen LogP contribution < -0.4 is 0 Å². The van der Waals surface area contributed by atoms with Gasteiger partial charge in [-0.15, -0.1) is 23.2 Å². The minimum Gasteiger partial charge on any atom is -0.297 e. The normalized spacial score (nSPS) is 11.0. The number of halogens is 4. The van der Waals surface area contributed by atoms with Crippen LogP contribution in [0.3, 0.4) is 0 Å². The SMILES string of the molecule is O=C(CCC(Cl)Cl)C(Cl)Cl. The largest absolute Gasteiger partial charge is 0.297 e. The number of hydrogen-bond acceptors (Lipinski definition) is 1. The highest BCUT2D eigenvalue weighted by atomic mass is 35.5. The van der Waals surface area contributed by atoms with Gasteiger partial charge in [-0.05, 0) is 6.42 Å². The van der Waals surface area contributed by atoms with Crippen LogP contribution in [0.25, 0.3) is 0 Å². The molecule has 60 valence electrons. The second-order valence-electron chi connectivity index (χ2n) is 1.70. The molecule has 0 amide bonds. The molecule has 0 saturated carbocycles. The molecule has 0 aliphatic rings. The van der Waals surface area contributed by atoms with Crippen LogP contribution in [0, 0.1) is 0 Å². The Morgan fingerprint density at radius 2 is 1.70 bits per heavy atom. The van der Waals surface area contributed by atoms with Crippen molar-refractivity contribution in [3.05, 3.63) is 0 Å². The maximum absolute atomic E-state index is 10.7. The minimum absolute atomic E-state index is 0.231. The zero-order valence-electron chi connectivity index (χ0n) is 4.99. The van der Waals surface area contributed by atoms with E-state index in [0.29, 0.717) is 6.42 Å². The maximum Gasteiger partial charge on any atom is 0.165 e. The van der Waals surface area contributed by atoms with Crippen LogP contribution in [0.2, 0.25) is 0 Å². The van der Waals surface area contributed by atoms with E-state index in [0.717, 1.165) is 0 Å². The van der Waals surface area contributed by atoms with Gasteiger partial charge in [0.15, 0.2) is 10.6 Å². The summed E-state index contributed by atoms with van der Waals surface area (Å²) in [6.45, 7) is 0. The van der Waals surface area contributed by atoms with Gasteiger partial charge in [0, 0.05) is 6.42 Å². The molecule has 10 heavy (non-hydrogen) atoms. The van der Waals surface area contributed by atoms with Gasteiger partial charge >= 0.3 is 0 Å². The first kappa shape index (κ1) is 10.8. The lowest BCUT2D eigenvalue weighted by molar-refractivity contribution is -0.117. The standard InChI is InChI=1S/C5H6Cl4O/c6-4(7)2-1-3(10)5(8)9/h4-5H,1-2H2. The van der Waals surface area contributed by atoms with Crippen molar-refractivity contribution < 1.29 is 4.79 Å². The molecule has 0 N–H and O–H groups in total. The van der Waals surface area contributed by atoms with E-state index in [1.54, 1.807) is 0 Å². The molecule has 1 nitrogen and oxygen atoms in total. The summed E-state index contributed by atoms with van der Waals surface area (Å²) in [5.41, 5.74) is 0. The van der Waals surface area contributed by atoms with E-state index >= 15 is 0 Å². The molecule has 0 unspecified atom stereocenters. The van der Waals surface area contributed by atoms with Gasteiger partial charge in [0.2, 0.25) is 0 Å². The number of carbonyl (C=O) groups excluding carboxylic acids is 1. The molecule has 0 fully saturated rings. The Kier molecular flexibility index (Phi) is 5.93. The number of alkyl halides is 4. The van der Waals surface area contributed by atoms with Crippen LogP contribution in [-0.4, -0.2) is 15.5 Å². The topological polar surface area (TPSA) is 17.1 Å². The fourth-order valence-corrected chi connectivity index (χ4v) is 0.797. The van der Waals surface area contributed by atoms with Crippen molar-refractivity contribution in [3.8, 4) is 0 Å². The predicted octanol–water partition coefficient (Wildman–Crippen LogP) is 2.94. The molecule has 0 atom stereocenters. The average Bonchev–Trinajstić information content (AvgIpc) is 1.82. The Balaban J connectivity index is 3.40. The zero-order chi connectivity index (χ0) is 8.15. The first-order chi connectivity index (χ1) is 4.54. The second kappa shape index (κ2) is 5.48. The lowest BCUT2D eigenvalue weighted by Gasteiger charge is -2.00. The van der Waals surface area contributed by atoms with E-state index in [4.69, 9.17) is 46.4 Å². The number of carbonyl (C=O) groups is 1. The van der Waals surface area contributed by atoms with Gasteiger partial charge in [0.05, 0.1) is 0 Å². The lowest BCUT2D eigenvalue weighted by Crippen LogP contribution is -2.08. The Labute approximate surface area is 79.6 Å². The highest BCUT2D eigenvalue weighted by Crippen LogP contribution is 2.13. The number of Topliss-reactive ketones (excluding diaryl/α,β-unsaturated/α-hetero) is 1. The van der Waals surface area contributed by atoms with Gasteiger partial charge in [-0.1, -0.05) is 23.2 Å². The monoisotopic (exact) mass is 222 g/mol. The molecule has 0 aromatic heterocycles. The molecule has 0 bridgehead atoms. The van der Waals surface area contributed by atoms with Crippen LogP contribution in [0.5, 0.6) is 0 Å². The van der Waals surface area contributed by atoms with E-state index in [9.17, 15) is 4.79 Å². The minimum atomic E-state index is -0.952. The Morgan fingerprint density at radius 1 is 1.20 bits per heavy atom. The smallest absolute Gasteiger partial charge is 0.165 e. The molecule has 0 saturated heterocycles. The summed E-state index contributed by atoms with van der Waals surface area (Å²) in [6, 6.07) is 0. The molecule has 0 radical (unpaired) electrons. The fraction of sp³-hybridized carbons (Fsp3) is 0.800. The van der Waals surface area contributed by atoms with Crippen LogP contribution in [-0.2, 0) is 4.79 Å². The van der Waals surface area contributed by atoms with Gasteiger partial charge in [0.1, 0.15) is 4.84 Å². The van der Waals surface area contributed by atoms with Crippen molar-refractivity contribution >= 4 is 52.2 Å². The zero-order valence-corrected chi connectivity index (χ0v) is 8.01. The summed E-state index contributed by atoms with van der Waals surface area (Å²) in [4.78, 5) is 9.20. The predicted molar refractivity (Wildman–Crippen MR) is 45.2 cm³/mol. The van der Waals surface area contributed by atoms with E-state index in [1.807, 2.05) is 0 Å². The van der Waals surface area contributed by atoms with Crippen molar-refractivity contribution in [2.45, 2.75) is 22.5 Å². The maximum atomic E-state index is 10.7. The van der Waals surface area contributed by atoms with Crippen LogP contribution in [0.4, 0.5) is 0 Å². The molecule has 0 rings (SSSR count). The third-order valence-electron chi connectivity index (χ3n) is 0.852. The highest BCUT2D eigenvalue weighted by molar-refractivity contribution is 6.53. The fourth-order valence-electron chi connectivity index (χ4n) is 0.360. The first-order valence-electron chi connectivity index (χ1n) is 2.63. The van der Waals surface area contributed by atoms with Crippen molar-refractivity contribution in [1.82, 2.24) is 0 Å². The van der Waals surface area contributed by atoms with Gasteiger partial charge in [0.25, 0.3) is 0 Å². The third-order valence-corrected chi connectivity index (χ3v) is 1.78. The summed E-state index contributed by atoms with van der Waals surface area (Å²) in [5.74, 6) is -0.241. The van der Waals surface area contributed by atoms with Crippen LogP contribution >= 0.6 is 46.4 Å². The molecule has 0 aliphatic heterocycles. The van der Waals surface area contributed by atoms with Crippen molar-refractivity contribution in [1.29, 1.82) is 0 Å². The lowest BCUT2D eigenvalue weighted by atomic mass is 10.2. The van der Waals surface area contributed by atoms with Crippen molar-refractivity contribution in [3.63, 3.8) is 0 Å². The quantitative estimate of drug-likeness (QED) is 0.670. The third kappa shape index (κ3) is 5.60. The van der Waals surface area contributed by atoms with Gasteiger partial charge < -0.3 is 0 Å². The summed E-state index contributed by atoms with van der Waals surface area (Å²) in [6.07, 6.45) is 0.632. The van der Waals surface area contributed by atoms with Crippen molar-refractivity contribution in [2.75, 3.05) is 0 Å². The Morgan fingerprint density at radius 3 is 2.00 bits per heavy atom. The summed E-state index contributed by atoms with van der Waals surface area (Å²) >= 11 is 21.2. The van der Waals surface area contributed by atoms with E-state index in [1.165, 1.54) is 0 Å². The van der Waals surface area contributed by atoms with Crippen molar-refractivity contribution in [2.24, 2.45) is 0 Å². The molecular formula is C5H6Cl4O. The molecule has 0 aromatic carbocycles. The Bertz CT molecular complexity index is 112. The highest BCUT2D eigenvalue weighted by Gasteiger charge is 2.12. The second-order valence-corrected chi connectivity index (χ2v) is 4.07. The Hall–Kier alpha value is 0.830. The van der Waals surface area contributed by atoms with Crippen LogP contribution in [0.1, 0.15) is 12.8 Å². The average molecular weight is 224 g/mol. The van der Waals surface area contributed by atoms with Gasteiger partial charge in [-0.2, -0.15) is 0 Å². The summed E-state index contributed by atoms with van der Waals surface area (Å²) in [7, 11) is 0. The van der Waals surface area contributed by atoms with Crippen LogP contribution in [0.15, 0.2) is 0 Å². The van der Waals surface area contributed by atoms with Gasteiger partial charge in [-0.3, -0.25) is 4.79 Å². The molecule has 0 aliphatic carbocycles. The summed E-state index contributed by atoms with van der Waals surface area (Å²) in [5, 5.41) is 0. The molecule has 0 heterocycles. The number of ketones is 1. The molecular weight excluding hydrogens is 218 g/mol. The number of hydrogen-bond donors (Lipinski definition) is 0. The van der Waals surface area contributed by atoms with E-state index in [2.05, 4.69) is 0 Å². The molecule has 0 spiro atoms. The van der Waals surface area contributed by atoms with E-state index in [-0.39, 0.29) is 12.2 Å². The molecule has 5 heteroatoms. The molecule has 0 aromatic rings. The van der Waals surface area contributed by atoms with Gasteiger partial charge in [-0.25, -0.2) is 0 Å². The van der Waals surface area contributed by atoms with E-state index < -0.39 is 9.67 Å².